The molecule has 0 bridgehead atoms. The van der Waals surface area contributed by atoms with Gasteiger partial charge in [0.15, 0.2) is 0 Å². The van der Waals surface area contributed by atoms with Gasteiger partial charge in [-0.25, -0.2) is 4.79 Å². The molecule has 0 aliphatic carbocycles. The molecule has 2 aromatic carbocycles. The number of hydrogen-bond donors (Lipinski definition) is 0. The highest BCUT2D eigenvalue weighted by Gasteiger charge is 2.08. The summed E-state index contributed by atoms with van der Waals surface area (Å²) in [4.78, 5) is 13.7. The first-order valence-corrected chi connectivity index (χ1v) is 7.33. The monoisotopic (exact) mass is 336 g/mol. The minimum absolute atomic E-state index is 0.303. The van der Waals surface area contributed by atoms with Crippen molar-refractivity contribution in [1.29, 1.82) is 0 Å². The van der Waals surface area contributed by atoms with Gasteiger partial charge in [-0.2, -0.15) is 0 Å². The van der Waals surface area contributed by atoms with Gasteiger partial charge in [0.25, 0.3) is 0 Å². The van der Waals surface area contributed by atoms with Crippen LogP contribution in [0.3, 0.4) is 0 Å². The van der Waals surface area contributed by atoms with E-state index in [1.54, 1.807) is 17.8 Å². The molecule has 0 heterocycles. The molecule has 0 N–H and O–H groups in total. The average Bonchev–Trinajstić information content (AvgIpc) is 2.42. The highest BCUT2D eigenvalue weighted by atomic mass is 79.9. The summed E-state index contributed by atoms with van der Waals surface area (Å²) in [6, 6.07) is 13.7. The molecule has 0 unspecified atom stereocenters. The summed E-state index contributed by atoms with van der Waals surface area (Å²) in [5.41, 5.74) is 1.65. The van der Waals surface area contributed by atoms with Gasteiger partial charge in [0.1, 0.15) is 0 Å². The largest absolute Gasteiger partial charge is 0.465 e. The average molecular weight is 337 g/mol. The Kier molecular flexibility index (Phi) is 4.66. The molecule has 0 aliphatic heterocycles. The Balaban J connectivity index is 2.22. The van der Waals surface area contributed by atoms with Crippen molar-refractivity contribution in [3.05, 3.63) is 58.1 Å². The van der Waals surface area contributed by atoms with Crippen molar-refractivity contribution in [2.75, 3.05) is 7.11 Å². The predicted molar refractivity (Wildman–Crippen MR) is 80.8 cm³/mol. The van der Waals surface area contributed by atoms with Crippen LogP contribution >= 0.6 is 27.7 Å². The summed E-state index contributed by atoms with van der Waals surface area (Å²) in [6.45, 7) is 1.99. The van der Waals surface area contributed by atoms with Crippen LogP contribution in [0.25, 0.3) is 0 Å². The summed E-state index contributed by atoms with van der Waals surface area (Å²) >= 11 is 5.10. The lowest BCUT2D eigenvalue weighted by atomic mass is 10.1. The van der Waals surface area contributed by atoms with Crippen molar-refractivity contribution in [1.82, 2.24) is 0 Å². The molecule has 0 aliphatic rings. The number of rotatable bonds is 3. The molecular formula is C15H13BrO2S. The van der Waals surface area contributed by atoms with Gasteiger partial charge in [0.2, 0.25) is 0 Å². The van der Waals surface area contributed by atoms with Crippen molar-refractivity contribution >= 4 is 33.7 Å². The molecule has 2 rings (SSSR count). The number of halogens is 1. The summed E-state index contributed by atoms with van der Waals surface area (Å²) in [5.74, 6) is -0.303. The maximum absolute atomic E-state index is 11.4. The maximum Gasteiger partial charge on any atom is 0.337 e. The van der Waals surface area contributed by atoms with E-state index in [9.17, 15) is 4.79 Å². The van der Waals surface area contributed by atoms with Gasteiger partial charge in [-0.05, 0) is 55.0 Å². The van der Waals surface area contributed by atoms with E-state index in [1.165, 1.54) is 7.11 Å². The van der Waals surface area contributed by atoms with E-state index < -0.39 is 0 Å². The zero-order valence-electron chi connectivity index (χ0n) is 10.6. The standard InChI is InChI=1S/C15H13BrO2S/c1-10-9-11(15(17)18-2)3-8-14(10)19-13-6-4-12(16)5-7-13/h3-9H,1-2H3. The molecule has 0 radical (unpaired) electrons. The van der Waals surface area contributed by atoms with E-state index in [0.717, 1.165) is 19.8 Å². The fourth-order valence-corrected chi connectivity index (χ4v) is 2.78. The van der Waals surface area contributed by atoms with Crippen LogP contribution in [0.1, 0.15) is 15.9 Å². The lowest BCUT2D eigenvalue weighted by molar-refractivity contribution is 0.0600. The van der Waals surface area contributed by atoms with Gasteiger partial charge >= 0.3 is 5.97 Å². The third-order valence-corrected chi connectivity index (χ3v) is 4.35. The van der Waals surface area contributed by atoms with Crippen LogP contribution in [0, 0.1) is 6.92 Å². The minimum atomic E-state index is -0.303. The molecular weight excluding hydrogens is 324 g/mol. The molecule has 0 amide bonds. The highest BCUT2D eigenvalue weighted by molar-refractivity contribution is 9.10. The van der Waals surface area contributed by atoms with Crippen molar-refractivity contribution in [3.8, 4) is 0 Å². The third-order valence-electron chi connectivity index (χ3n) is 2.64. The fourth-order valence-electron chi connectivity index (χ4n) is 1.64. The quantitative estimate of drug-likeness (QED) is 0.760. The van der Waals surface area contributed by atoms with Gasteiger partial charge in [0, 0.05) is 14.3 Å². The zero-order valence-corrected chi connectivity index (χ0v) is 13.0. The Labute approximate surface area is 125 Å². The number of carbonyl (C=O) groups is 1. The van der Waals surface area contributed by atoms with Crippen molar-refractivity contribution in [2.45, 2.75) is 16.7 Å². The van der Waals surface area contributed by atoms with Crippen LogP contribution in [0.15, 0.2) is 56.7 Å². The van der Waals surface area contributed by atoms with E-state index in [4.69, 9.17) is 4.74 Å². The minimum Gasteiger partial charge on any atom is -0.465 e. The van der Waals surface area contributed by atoms with Crippen molar-refractivity contribution < 1.29 is 9.53 Å². The second kappa shape index (κ2) is 6.26. The Hall–Kier alpha value is -1.26. The molecule has 19 heavy (non-hydrogen) atoms. The first kappa shape index (κ1) is 14.2. The molecule has 0 fully saturated rings. The van der Waals surface area contributed by atoms with Gasteiger partial charge < -0.3 is 4.74 Å². The Morgan fingerprint density at radius 2 is 1.84 bits per heavy atom. The number of benzene rings is 2. The molecule has 0 saturated heterocycles. The van der Waals surface area contributed by atoms with Crippen molar-refractivity contribution in [3.63, 3.8) is 0 Å². The lowest BCUT2D eigenvalue weighted by Gasteiger charge is -2.07. The molecule has 0 saturated carbocycles. The Bertz CT molecular complexity index is 594. The fraction of sp³-hybridized carbons (Fsp3) is 0.133. The smallest absolute Gasteiger partial charge is 0.337 e. The highest BCUT2D eigenvalue weighted by Crippen LogP contribution is 2.31. The number of aryl methyl sites for hydroxylation is 1. The zero-order chi connectivity index (χ0) is 13.8. The third kappa shape index (κ3) is 3.61. The number of esters is 1. The number of carbonyl (C=O) groups excluding carboxylic acids is 1. The molecule has 2 aromatic rings. The van der Waals surface area contributed by atoms with Crippen LogP contribution in [-0.4, -0.2) is 13.1 Å². The molecule has 0 aromatic heterocycles. The predicted octanol–water partition coefficient (Wildman–Crippen LogP) is 4.70. The number of hydrogen-bond acceptors (Lipinski definition) is 3. The summed E-state index contributed by atoms with van der Waals surface area (Å²) in [6.07, 6.45) is 0. The summed E-state index contributed by atoms with van der Waals surface area (Å²) in [5, 5.41) is 0. The topological polar surface area (TPSA) is 26.3 Å². The molecule has 2 nitrogen and oxygen atoms in total. The van der Waals surface area contributed by atoms with Gasteiger partial charge in [-0.1, -0.05) is 27.7 Å². The second-order valence-corrected chi connectivity index (χ2v) is 6.06. The van der Waals surface area contributed by atoms with E-state index in [1.807, 2.05) is 31.2 Å². The van der Waals surface area contributed by atoms with E-state index >= 15 is 0 Å². The molecule has 0 atom stereocenters. The maximum atomic E-state index is 11.4. The van der Waals surface area contributed by atoms with Crippen LogP contribution < -0.4 is 0 Å². The first-order chi connectivity index (χ1) is 9.10. The summed E-state index contributed by atoms with van der Waals surface area (Å²) < 4.78 is 5.78. The first-order valence-electron chi connectivity index (χ1n) is 5.72. The normalized spacial score (nSPS) is 10.3. The van der Waals surface area contributed by atoms with Crippen LogP contribution in [0.2, 0.25) is 0 Å². The van der Waals surface area contributed by atoms with Gasteiger partial charge in [-0.3, -0.25) is 0 Å². The van der Waals surface area contributed by atoms with Gasteiger partial charge in [0.05, 0.1) is 12.7 Å². The van der Waals surface area contributed by atoms with E-state index in [2.05, 4.69) is 28.1 Å². The van der Waals surface area contributed by atoms with Crippen molar-refractivity contribution in [2.24, 2.45) is 0 Å². The molecule has 98 valence electrons. The summed E-state index contributed by atoms with van der Waals surface area (Å²) in [7, 11) is 1.39. The molecule has 4 heteroatoms. The van der Waals surface area contributed by atoms with Crippen LogP contribution in [0.4, 0.5) is 0 Å². The molecule has 0 spiro atoms. The Morgan fingerprint density at radius 1 is 1.16 bits per heavy atom. The lowest BCUT2D eigenvalue weighted by Crippen LogP contribution is -2.01. The van der Waals surface area contributed by atoms with E-state index in [0.29, 0.717) is 5.56 Å². The Morgan fingerprint density at radius 3 is 2.42 bits per heavy atom. The second-order valence-electron chi connectivity index (χ2n) is 4.03. The number of methoxy groups -OCH3 is 1. The van der Waals surface area contributed by atoms with Crippen LogP contribution in [-0.2, 0) is 4.74 Å². The van der Waals surface area contributed by atoms with Crippen LogP contribution in [0.5, 0.6) is 0 Å². The number of ether oxygens (including phenoxy) is 1. The van der Waals surface area contributed by atoms with E-state index in [-0.39, 0.29) is 5.97 Å². The van der Waals surface area contributed by atoms with Gasteiger partial charge in [-0.15, -0.1) is 0 Å². The SMILES string of the molecule is COC(=O)c1ccc(Sc2ccc(Br)cc2)c(C)c1.